The summed E-state index contributed by atoms with van der Waals surface area (Å²) < 4.78 is 0. The molecule has 2 aromatic heterocycles. The summed E-state index contributed by atoms with van der Waals surface area (Å²) in [4.78, 5) is 16.1. The Balaban J connectivity index is 2.15. The molecule has 0 saturated carbocycles. The van der Waals surface area contributed by atoms with E-state index in [1.54, 1.807) is 23.7 Å². The molecule has 0 aliphatic heterocycles. The molecule has 4 nitrogen and oxygen atoms in total. The van der Waals surface area contributed by atoms with Crippen LogP contribution in [0.4, 0.5) is 5.82 Å². The number of hydrogen-bond acceptors (Lipinski definition) is 4. The van der Waals surface area contributed by atoms with E-state index in [9.17, 15) is 4.79 Å². The van der Waals surface area contributed by atoms with Crippen molar-refractivity contribution in [1.29, 1.82) is 0 Å². The Kier molecular flexibility index (Phi) is 4.29. The number of hydrogen-bond donors (Lipinski definition) is 2. The normalized spacial score (nSPS) is 9.58. The van der Waals surface area contributed by atoms with Gasteiger partial charge in [-0.15, -0.1) is 0 Å². The lowest BCUT2D eigenvalue weighted by Crippen LogP contribution is -2.13. The maximum Gasteiger partial charge on any atom is 0.257 e. The fourth-order valence-electron chi connectivity index (χ4n) is 1.50. The number of aliphatic hydroxyl groups is 1. The first-order chi connectivity index (χ1) is 9.20. The summed E-state index contributed by atoms with van der Waals surface area (Å²) in [5.74, 6) is 5.58. The molecule has 0 fully saturated rings. The van der Waals surface area contributed by atoms with Crippen LogP contribution in [0.15, 0.2) is 29.1 Å². The Morgan fingerprint density at radius 2 is 2.37 bits per heavy atom. The lowest BCUT2D eigenvalue weighted by Gasteiger charge is -2.04. The van der Waals surface area contributed by atoms with E-state index in [4.69, 9.17) is 5.11 Å². The van der Waals surface area contributed by atoms with Crippen molar-refractivity contribution in [2.24, 2.45) is 0 Å². The third kappa shape index (κ3) is 3.41. The van der Waals surface area contributed by atoms with Crippen molar-refractivity contribution in [3.63, 3.8) is 0 Å². The summed E-state index contributed by atoms with van der Waals surface area (Å²) in [6.07, 6.45) is 1.57. The second kappa shape index (κ2) is 6.14. The van der Waals surface area contributed by atoms with Crippen molar-refractivity contribution in [1.82, 2.24) is 4.98 Å². The van der Waals surface area contributed by atoms with E-state index in [-0.39, 0.29) is 12.5 Å². The number of thiophene rings is 1. The maximum absolute atomic E-state index is 12.0. The van der Waals surface area contributed by atoms with Gasteiger partial charge in [0, 0.05) is 17.1 Å². The number of aryl methyl sites for hydroxylation is 1. The summed E-state index contributed by atoms with van der Waals surface area (Å²) in [5, 5.41) is 15.1. The highest BCUT2D eigenvalue weighted by Gasteiger charge is 2.10. The second-order valence-electron chi connectivity index (χ2n) is 3.81. The maximum atomic E-state index is 12.0. The number of nitrogens with one attached hydrogen (secondary N) is 1. The van der Waals surface area contributed by atoms with Crippen LogP contribution in [0.5, 0.6) is 0 Å². The lowest BCUT2D eigenvalue weighted by atomic mass is 10.2. The van der Waals surface area contributed by atoms with Crippen LogP contribution in [0.1, 0.15) is 21.5 Å². The monoisotopic (exact) mass is 272 g/mol. The van der Waals surface area contributed by atoms with E-state index < -0.39 is 0 Å². The summed E-state index contributed by atoms with van der Waals surface area (Å²) in [7, 11) is 0. The van der Waals surface area contributed by atoms with Crippen LogP contribution < -0.4 is 5.32 Å². The van der Waals surface area contributed by atoms with Gasteiger partial charge in [-0.25, -0.2) is 4.98 Å². The summed E-state index contributed by atoms with van der Waals surface area (Å²) >= 11 is 1.49. The van der Waals surface area contributed by atoms with E-state index in [0.717, 1.165) is 5.56 Å². The second-order valence-corrected chi connectivity index (χ2v) is 4.56. The molecule has 0 aliphatic carbocycles. The van der Waals surface area contributed by atoms with Gasteiger partial charge in [-0.05, 0) is 30.0 Å². The molecule has 2 rings (SSSR count). The Bertz CT molecular complexity index is 653. The molecular formula is C14H12N2O2S. The first kappa shape index (κ1) is 13.3. The van der Waals surface area contributed by atoms with Crippen molar-refractivity contribution in [3.8, 4) is 11.8 Å². The van der Waals surface area contributed by atoms with Gasteiger partial charge in [0.05, 0.1) is 5.56 Å². The lowest BCUT2D eigenvalue weighted by molar-refractivity contribution is 0.102. The zero-order valence-corrected chi connectivity index (χ0v) is 11.1. The predicted molar refractivity (Wildman–Crippen MR) is 75.2 cm³/mol. The van der Waals surface area contributed by atoms with Gasteiger partial charge in [0.25, 0.3) is 5.91 Å². The van der Waals surface area contributed by atoms with E-state index in [0.29, 0.717) is 16.9 Å². The van der Waals surface area contributed by atoms with Crippen LogP contribution in [0, 0.1) is 18.8 Å². The molecule has 5 heteroatoms. The SMILES string of the molecule is Cc1cscc1C(=O)Nc1cc(C#CCO)ccn1. The molecule has 19 heavy (non-hydrogen) atoms. The number of aromatic nitrogens is 1. The van der Waals surface area contributed by atoms with Crippen molar-refractivity contribution in [3.05, 3.63) is 45.8 Å². The number of rotatable bonds is 2. The number of anilines is 1. The molecule has 2 aromatic rings. The highest BCUT2D eigenvalue weighted by molar-refractivity contribution is 7.08. The van der Waals surface area contributed by atoms with Crippen molar-refractivity contribution in [2.45, 2.75) is 6.92 Å². The molecule has 96 valence electrons. The standard InChI is InChI=1S/C14H12N2O2S/c1-10-8-19-9-12(10)14(18)16-13-7-11(3-2-6-17)4-5-15-13/h4-5,7-9,17H,6H2,1H3,(H,15,16,18). The molecule has 1 amide bonds. The molecule has 2 N–H and O–H groups in total. The third-order valence-electron chi connectivity index (χ3n) is 2.41. The molecule has 0 bridgehead atoms. The zero-order valence-electron chi connectivity index (χ0n) is 10.3. The van der Waals surface area contributed by atoms with E-state index in [1.165, 1.54) is 11.3 Å². The largest absolute Gasteiger partial charge is 0.384 e. The molecule has 0 spiro atoms. The summed E-state index contributed by atoms with van der Waals surface area (Å²) in [6.45, 7) is 1.69. The van der Waals surface area contributed by atoms with Gasteiger partial charge in [-0.2, -0.15) is 11.3 Å². The van der Waals surface area contributed by atoms with Crippen LogP contribution in [0.25, 0.3) is 0 Å². The van der Waals surface area contributed by atoms with E-state index in [2.05, 4.69) is 22.1 Å². The number of carbonyl (C=O) groups excluding carboxylic acids is 1. The van der Waals surface area contributed by atoms with Gasteiger partial charge in [-0.3, -0.25) is 4.79 Å². The average molecular weight is 272 g/mol. The highest BCUT2D eigenvalue weighted by atomic mass is 32.1. The Labute approximate surface area is 115 Å². The van der Waals surface area contributed by atoms with Crippen LogP contribution in [0.3, 0.4) is 0 Å². The molecule has 0 atom stereocenters. The minimum absolute atomic E-state index is 0.182. The van der Waals surface area contributed by atoms with Crippen LogP contribution in [-0.2, 0) is 0 Å². The number of aliphatic hydroxyl groups excluding tert-OH is 1. The van der Waals surface area contributed by atoms with Gasteiger partial charge < -0.3 is 10.4 Å². The fourth-order valence-corrected chi connectivity index (χ4v) is 2.32. The summed E-state index contributed by atoms with van der Waals surface area (Å²) in [5.41, 5.74) is 2.29. The van der Waals surface area contributed by atoms with Crippen molar-refractivity contribution >= 4 is 23.1 Å². The Hall–Kier alpha value is -2.16. The molecule has 0 aliphatic rings. The minimum atomic E-state index is -0.196. The number of amides is 1. The van der Waals surface area contributed by atoms with Gasteiger partial charge >= 0.3 is 0 Å². The van der Waals surface area contributed by atoms with Crippen molar-refractivity contribution in [2.75, 3.05) is 11.9 Å². The molecule has 0 saturated heterocycles. The first-order valence-corrected chi connectivity index (χ1v) is 6.55. The van der Waals surface area contributed by atoms with Gasteiger partial charge in [-0.1, -0.05) is 11.8 Å². The predicted octanol–water partition coefficient (Wildman–Crippen LogP) is 2.05. The van der Waals surface area contributed by atoms with Crippen LogP contribution >= 0.6 is 11.3 Å². The van der Waals surface area contributed by atoms with Crippen LogP contribution in [-0.4, -0.2) is 22.6 Å². The molecular weight excluding hydrogens is 260 g/mol. The van der Waals surface area contributed by atoms with E-state index in [1.807, 2.05) is 12.3 Å². The fraction of sp³-hybridized carbons (Fsp3) is 0.143. The topological polar surface area (TPSA) is 62.2 Å². The smallest absolute Gasteiger partial charge is 0.257 e. The van der Waals surface area contributed by atoms with Crippen molar-refractivity contribution < 1.29 is 9.90 Å². The Morgan fingerprint density at radius 3 is 3.05 bits per heavy atom. The third-order valence-corrected chi connectivity index (χ3v) is 3.27. The Morgan fingerprint density at radius 1 is 1.53 bits per heavy atom. The quantitative estimate of drug-likeness (QED) is 0.822. The number of pyridine rings is 1. The van der Waals surface area contributed by atoms with Gasteiger partial charge in [0.1, 0.15) is 12.4 Å². The number of carbonyl (C=O) groups is 1. The van der Waals surface area contributed by atoms with Gasteiger partial charge in [0.15, 0.2) is 0 Å². The molecule has 0 unspecified atom stereocenters. The molecule has 2 heterocycles. The van der Waals surface area contributed by atoms with Gasteiger partial charge in [0.2, 0.25) is 0 Å². The summed E-state index contributed by atoms with van der Waals surface area (Å²) in [6, 6.07) is 3.39. The average Bonchev–Trinajstić information content (AvgIpc) is 2.83. The molecule has 0 aromatic carbocycles. The highest BCUT2D eigenvalue weighted by Crippen LogP contribution is 2.15. The zero-order chi connectivity index (χ0) is 13.7. The first-order valence-electron chi connectivity index (χ1n) is 5.60. The minimum Gasteiger partial charge on any atom is -0.384 e. The van der Waals surface area contributed by atoms with E-state index >= 15 is 0 Å². The molecule has 0 radical (unpaired) electrons. The van der Waals surface area contributed by atoms with Crippen LogP contribution in [0.2, 0.25) is 0 Å². The number of nitrogens with zero attached hydrogens (tertiary/aromatic N) is 1.